The van der Waals surface area contributed by atoms with Gasteiger partial charge in [-0.25, -0.2) is 4.98 Å². The maximum Gasteiger partial charge on any atom is 0.234 e. The molecule has 0 bridgehead atoms. The van der Waals surface area contributed by atoms with E-state index in [9.17, 15) is 10.1 Å². The maximum absolute atomic E-state index is 12.4. The van der Waals surface area contributed by atoms with Gasteiger partial charge in [0, 0.05) is 35.9 Å². The molecule has 4 rings (SSSR count). The van der Waals surface area contributed by atoms with Gasteiger partial charge >= 0.3 is 0 Å². The van der Waals surface area contributed by atoms with Crippen LogP contribution < -0.4 is 15.0 Å². The molecule has 0 unspecified atom stereocenters. The van der Waals surface area contributed by atoms with E-state index >= 15 is 0 Å². The van der Waals surface area contributed by atoms with Crippen LogP contribution in [0.5, 0.6) is 5.75 Å². The molecule has 158 valence electrons. The van der Waals surface area contributed by atoms with Crippen LogP contribution in [0, 0.1) is 11.3 Å². The van der Waals surface area contributed by atoms with E-state index in [4.69, 9.17) is 9.47 Å². The summed E-state index contributed by atoms with van der Waals surface area (Å²) in [6.07, 6.45) is 0. The fourth-order valence-electron chi connectivity index (χ4n) is 3.35. The number of nitrogens with one attached hydrogen (secondary N) is 1. The van der Waals surface area contributed by atoms with Crippen molar-refractivity contribution in [3.63, 3.8) is 0 Å². The molecule has 3 aromatic rings. The molecule has 2 aromatic carbocycles. The molecule has 0 spiro atoms. The molecule has 31 heavy (non-hydrogen) atoms. The summed E-state index contributed by atoms with van der Waals surface area (Å²) in [5.74, 6) is 0.696. The largest absolute Gasteiger partial charge is 0.497 e. The molecule has 0 aliphatic carbocycles. The van der Waals surface area contributed by atoms with Gasteiger partial charge in [-0.3, -0.25) is 4.79 Å². The number of fused-ring (bicyclic) bond motifs is 1. The van der Waals surface area contributed by atoms with E-state index in [1.165, 1.54) is 11.8 Å². The Morgan fingerprint density at radius 2 is 2.00 bits per heavy atom. The first-order valence-corrected chi connectivity index (χ1v) is 10.9. The third-order valence-corrected chi connectivity index (χ3v) is 5.97. The van der Waals surface area contributed by atoms with Crippen molar-refractivity contribution in [1.82, 2.24) is 4.98 Å². The second-order valence-electron chi connectivity index (χ2n) is 6.99. The van der Waals surface area contributed by atoms with E-state index in [1.54, 1.807) is 13.2 Å². The summed E-state index contributed by atoms with van der Waals surface area (Å²) in [5, 5.41) is 13.8. The number of amides is 1. The number of aromatic nitrogens is 1. The molecule has 2 heterocycles. The van der Waals surface area contributed by atoms with Crippen LogP contribution in [0.4, 0.5) is 11.4 Å². The highest BCUT2D eigenvalue weighted by Gasteiger charge is 2.13. The number of thioether (sulfide) groups is 1. The monoisotopic (exact) mass is 434 g/mol. The number of carbonyl (C=O) groups excluding carboxylic acids is 1. The molecule has 1 aliphatic heterocycles. The Morgan fingerprint density at radius 3 is 2.71 bits per heavy atom. The molecular weight excluding hydrogens is 412 g/mol. The summed E-state index contributed by atoms with van der Waals surface area (Å²) in [6, 6.07) is 17.3. The Hall–Kier alpha value is -3.28. The van der Waals surface area contributed by atoms with Gasteiger partial charge in [0.05, 0.1) is 37.2 Å². The van der Waals surface area contributed by atoms with Gasteiger partial charge in [-0.15, -0.1) is 0 Å². The lowest BCUT2D eigenvalue weighted by Crippen LogP contribution is -2.36. The van der Waals surface area contributed by atoms with Gasteiger partial charge < -0.3 is 19.7 Å². The smallest absolute Gasteiger partial charge is 0.234 e. The number of rotatable bonds is 6. The van der Waals surface area contributed by atoms with Crippen LogP contribution >= 0.6 is 11.8 Å². The highest BCUT2D eigenvalue weighted by atomic mass is 32.2. The molecule has 0 saturated carbocycles. The molecule has 8 heteroatoms. The van der Waals surface area contributed by atoms with Crippen LogP contribution in [-0.4, -0.2) is 50.1 Å². The predicted molar refractivity (Wildman–Crippen MR) is 122 cm³/mol. The molecule has 1 aromatic heterocycles. The molecule has 1 aliphatic rings. The minimum Gasteiger partial charge on any atom is -0.497 e. The first kappa shape index (κ1) is 21.0. The van der Waals surface area contributed by atoms with E-state index in [0.29, 0.717) is 16.3 Å². The van der Waals surface area contributed by atoms with E-state index < -0.39 is 0 Å². The van der Waals surface area contributed by atoms with Crippen molar-refractivity contribution < 1.29 is 14.3 Å². The maximum atomic E-state index is 12.4. The number of carbonyl (C=O) groups is 1. The SMILES string of the molecule is COc1ccc2cc(C#N)c(SCC(=O)Nc3ccc(N4CCOCC4)cc3)nc2c1. The van der Waals surface area contributed by atoms with Crippen LogP contribution in [-0.2, 0) is 9.53 Å². The first-order chi connectivity index (χ1) is 15.2. The van der Waals surface area contributed by atoms with Crippen molar-refractivity contribution in [2.45, 2.75) is 5.03 Å². The summed E-state index contributed by atoms with van der Waals surface area (Å²) < 4.78 is 10.6. The van der Waals surface area contributed by atoms with Gasteiger partial charge in [0.15, 0.2) is 0 Å². The number of anilines is 2. The first-order valence-electron chi connectivity index (χ1n) is 9.90. The lowest BCUT2D eigenvalue weighted by atomic mass is 10.1. The van der Waals surface area contributed by atoms with Crippen molar-refractivity contribution in [2.24, 2.45) is 0 Å². The highest BCUT2D eigenvalue weighted by Crippen LogP contribution is 2.27. The number of morpholine rings is 1. The van der Waals surface area contributed by atoms with Crippen LogP contribution in [0.1, 0.15) is 5.56 Å². The number of pyridine rings is 1. The third-order valence-electron chi connectivity index (χ3n) is 4.98. The van der Waals surface area contributed by atoms with Crippen molar-refractivity contribution >= 4 is 39.9 Å². The van der Waals surface area contributed by atoms with Crippen molar-refractivity contribution in [2.75, 3.05) is 49.4 Å². The van der Waals surface area contributed by atoms with E-state index in [1.807, 2.05) is 42.5 Å². The third kappa shape index (κ3) is 5.08. The standard InChI is InChI=1S/C23H22N4O3S/c1-29-20-7-2-16-12-17(14-24)23(26-21(16)13-20)31-15-22(28)25-18-3-5-19(6-4-18)27-8-10-30-11-9-27/h2-7,12-13H,8-11,15H2,1H3,(H,25,28). The summed E-state index contributed by atoms with van der Waals surface area (Å²) in [7, 11) is 1.60. The van der Waals surface area contributed by atoms with Crippen LogP contribution in [0.25, 0.3) is 10.9 Å². The van der Waals surface area contributed by atoms with E-state index in [0.717, 1.165) is 48.6 Å². The Labute approximate surface area is 185 Å². The second kappa shape index (κ2) is 9.69. The number of methoxy groups -OCH3 is 1. The number of benzene rings is 2. The van der Waals surface area contributed by atoms with Gasteiger partial charge in [-0.1, -0.05) is 11.8 Å². The molecule has 1 N–H and O–H groups in total. The highest BCUT2D eigenvalue weighted by molar-refractivity contribution is 8.00. The molecular formula is C23H22N4O3S. The second-order valence-corrected chi connectivity index (χ2v) is 7.96. The lowest BCUT2D eigenvalue weighted by Gasteiger charge is -2.28. The predicted octanol–water partition coefficient (Wildman–Crippen LogP) is 3.68. The Morgan fingerprint density at radius 1 is 1.23 bits per heavy atom. The minimum atomic E-state index is -0.152. The number of nitrogens with zero attached hydrogens (tertiary/aromatic N) is 3. The Balaban J connectivity index is 1.40. The van der Waals surface area contributed by atoms with E-state index in [2.05, 4.69) is 21.3 Å². The quantitative estimate of drug-likeness (QED) is 0.592. The zero-order valence-electron chi connectivity index (χ0n) is 17.1. The van der Waals surface area contributed by atoms with Crippen molar-refractivity contribution in [1.29, 1.82) is 5.26 Å². The van der Waals surface area contributed by atoms with Gasteiger partial charge in [0.25, 0.3) is 0 Å². The summed E-state index contributed by atoms with van der Waals surface area (Å²) in [6.45, 7) is 3.20. The summed E-state index contributed by atoms with van der Waals surface area (Å²) >= 11 is 1.24. The molecule has 0 atom stereocenters. The average Bonchev–Trinajstić information content (AvgIpc) is 2.82. The van der Waals surface area contributed by atoms with Gasteiger partial charge in [0.1, 0.15) is 16.8 Å². The molecule has 1 saturated heterocycles. The average molecular weight is 435 g/mol. The fraction of sp³-hybridized carbons (Fsp3) is 0.261. The normalized spacial score (nSPS) is 13.6. The zero-order chi connectivity index (χ0) is 21.6. The molecule has 7 nitrogen and oxygen atoms in total. The number of ether oxygens (including phenoxy) is 2. The van der Waals surface area contributed by atoms with Crippen molar-refractivity contribution in [3.05, 3.63) is 54.1 Å². The molecule has 1 amide bonds. The van der Waals surface area contributed by atoms with Crippen LogP contribution in [0.2, 0.25) is 0 Å². The summed E-state index contributed by atoms with van der Waals surface area (Å²) in [5.41, 5.74) is 3.02. The number of hydrogen-bond acceptors (Lipinski definition) is 7. The lowest BCUT2D eigenvalue weighted by molar-refractivity contribution is -0.113. The van der Waals surface area contributed by atoms with Crippen molar-refractivity contribution in [3.8, 4) is 11.8 Å². The molecule has 0 radical (unpaired) electrons. The fourth-order valence-corrected chi connectivity index (χ4v) is 4.12. The number of nitriles is 1. The van der Waals surface area contributed by atoms with Gasteiger partial charge in [-0.05, 0) is 42.5 Å². The van der Waals surface area contributed by atoms with Gasteiger partial charge in [0.2, 0.25) is 5.91 Å². The van der Waals surface area contributed by atoms with E-state index in [-0.39, 0.29) is 11.7 Å². The topological polar surface area (TPSA) is 87.5 Å². The zero-order valence-corrected chi connectivity index (χ0v) is 17.9. The minimum absolute atomic E-state index is 0.152. The Bertz CT molecular complexity index is 1120. The van der Waals surface area contributed by atoms with Crippen LogP contribution in [0.3, 0.4) is 0 Å². The molecule has 1 fully saturated rings. The van der Waals surface area contributed by atoms with Crippen LogP contribution in [0.15, 0.2) is 53.6 Å². The number of hydrogen-bond donors (Lipinski definition) is 1. The Kier molecular flexibility index (Phi) is 6.55. The van der Waals surface area contributed by atoms with Gasteiger partial charge in [-0.2, -0.15) is 5.26 Å². The summed E-state index contributed by atoms with van der Waals surface area (Å²) in [4.78, 5) is 19.3.